The van der Waals surface area contributed by atoms with Crippen LogP contribution < -0.4 is 5.32 Å². The minimum atomic E-state index is -0.222. The molecule has 0 aliphatic heterocycles. The second-order valence-corrected chi connectivity index (χ2v) is 8.70. The van der Waals surface area contributed by atoms with Crippen LogP contribution in [-0.2, 0) is 9.59 Å². The third-order valence-corrected chi connectivity index (χ3v) is 5.35. The third kappa shape index (κ3) is 7.04. The van der Waals surface area contributed by atoms with E-state index >= 15 is 0 Å². The fraction of sp³-hybridized carbons (Fsp3) is 0.370. The Kier molecular flexibility index (Phi) is 8.81. The number of rotatable bonds is 11. The molecule has 174 valence electrons. The van der Waals surface area contributed by atoms with E-state index in [9.17, 15) is 9.59 Å². The van der Waals surface area contributed by atoms with E-state index in [1.54, 1.807) is 9.58 Å². The number of para-hydroxylation sites is 1. The van der Waals surface area contributed by atoms with Gasteiger partial charge in [-0.1, -0.05) is 82.1 Å². The molecule has 0 saturated carbocycles. The number of hydrogen-bond donors (Lipinski definition) is 1. The smallest absolute Gasteiger partial charge is 0.245 e. The third-order valence-electron chi connectivity index (χ3n) is 5.35. The van der Waals surface area contributed by atoms with E-state index in [0.717, 1.165) is 36.2 Å². The van der Waals surface area contributed by atoms with Crippen LogP contribution in [0.15, 0.2) is 66.7 Å². The Morgan fingerprint density at radius 1 is 1.00 bits per heavy atom. The molecular formula is C27H34N4O2. The van der Waals surface area contributed by atoms with Gasteiger partial charge in [0.25, 0.3) is 0 Å². The molecular weight excluding hydrogens is 412 g/mol. The summed E-state index contributed by atoms with van der Waals surface area (Å²) < 4.78 is 1.73. The normalized spacial score (nSPS) is 10.9. The van der Waals surface area contributed by atoms with E-state index in [0.29, 0.717) is 18.8 Å². The standard InChI is InChI=1S/C27H34N4O2/c1-4-5-12-17-30(27(33)18-21(2)3)20-26(32)28-25-19-24(22-13-8-6-9-14-22)29-31(25)23-15-10-7-11-16-23/h6-11,13-16,19,21H,4-5,12,17-18,20H2,1-3H3,(H,28,32). The average Bonchev–Trinajstić information content (AvgIpc) is 3.23. The lowest BCUT2D eigenvalue weighted by Gasteiger charge is -2.23. The summed E-state index contributed by atoms with van der Waals surface area (Å²) in [5.74, 6) is 0.634. The Morgan fingerprint density at radius 2 is 1.67 bits per heavy atom. The Labute approximate surface area is 196 Å². The van der Waals surface area contributed by atoms with Crippen molar-refractivity contribution in [1.29, 1.82) is 0 Å². The fourth-order valence-electron chi connectivity index (χ4n) is 3.66. The van der Waals surface area contributed by atoms with Gasteiger partial charge in [0.2, 0.25) is 11.8 Å². The number of carbonyl (C=O) groups is 2. The molecule has 1 aromatic heterocycles. The zero-order chi connectivity index (χ0) is 23.6. The van der Waals surface area contributed by atoms with Crippen LogP contribution in [0.2, 0.25) is 0 Å². The van der Waals surface area contributed by atoms with Crippen LogP contribution in [0.4, 0.5) is 5.82 Å². The first-order valence-electron chi connectivity index (χ1n) is 11.8. The molecule has 33 heavy (non-hydrogen) atoms. The van der Waals surface area contributed by atoms with E-state index in [1.807, 2.05) is 80.6 Å². The van der Waals surface area contributed by atoms with Gasteiger partial charge in [0, 0.05) is 24.6 Å². The summed E-state index contributed by atoms with van der Waals surface area (Å²) >= 11 is 0. The van der Waals surface area contributed by atoms with Gasteiger partial charge in [0.1, 0.15) is 5.82 Å². The summed E-state index contributed by atoms with van der Waals surface area (Å²) in [7, 11) is 0. The molecule has 3 aromatic rings. The van der Waals surface area contributed by atoms with E-state index in [4.69, 9.17) is 5.10 Å². The molecule has 0 aliphatic carbocycles. The summed E-state index contributed by atoms with van der Waals surface area (Å²) in [6, 6.07) is 21.4. The van der Waals surface area contributed by atoms with Gasteiger partial charge in [-0.2, -0.15) is 5.10 Å². The van der Waals surface area contributed by atoms with Crippen molar-refractivity contribution in [2.75, 3.05) is 18.4 Å². The summed E-state index contributed by atoms with van der Waals surface area (Å²) in [5.41, 5.74) is 2.59. The molecule has 6 heteroatoms. The van der Waals surface area contributed by atoms with Crippen LogP contribution in [0.3, 0.4) is 0 Å². The minimum Gasteiger partial charge on any atom is -0.333 e. The van der Waals surface area contributed by atoms with Gasteiger partial charge in [-0.3, -0.25) is 9.59 Å². The van der Waals surface area contributed by atoms with Crippen molar-refractivity contribution in [3.05, 3.63) is 66.7 Å². The maximum Gasteiger partial charge on any atom is 0.245 e. The summed E-state index contributed by atoms with van der Waals surface area (Å²) in [5, 5.41) is 7.74. The number of carbonyl (C=O) groups excluding carboxylic acids is 2. The highest BCUT2D eigenvalue weighted by Gasteiger charge is 2.20. The van der Waals surface area contributed by atoms with Crippen LogP contribution in [0, 0.1) is 5.92 Å². The molecule has 2 aromatic carbocycles. The first kappa shape index (κ1) is 24.2. The zero-order valence-corrected chi connectivity index (χ0v) is 19.8. The highest BCUT2D eigenvalue weighted by Crippen LogP contribution is 2.24. The largest absolute Gasteiger partial charge is 0.333 e. The number of nitrogens with zero attached hydrogens (tertiary/aromatic N) is 3. The topological polar surface area (TPSA) is 67.2 Å². The van der Waals surface area contributed by atoms with E-state index in [-0.39, 0.29) is 24.3 Å². The first-order valence-corrected chi connectivity index (χ1v) is 11.8. The molecule has 1 N–H and O–H groups in total. The molecule has 0 saturated heterocycles. The van der Waals surface area contributed by atoms with Crippen molar-refractivity contribution in [3.8, 4) is 16.9 Å². The highest BCUT2D eigenvalue weighted by molar-refractivity contribution is 5.94. The fourth-order valence-corrected chi connectivity index (χ4v) is 3.66. The molecule has 2 amide bonds. The monoisotopic (exact) mass is 446 g/mol. The lowest BCUT2D eigenvalue weighted by Crippen LogP contribution is -2.39. The van der Waals surface area contributed by atoms with Crippen LogP contribution in [0.25, 0.3) is 16.9 Å². The van der Waals surface area contributed by atoms with Crippen molar-refractivity contribution in [2.45, 2.75) is 46.5 Å². The van der Waals surface area contributed by atoms with Crippen molar-refractivity contribution in [3.63, 3.8) is 0 Å². The average molecular weight is 447 g/mol. The molecule has 0 spiro atoms. The maximum atomic E-state index is 13.0. The minimum absolute atomic E-state index is 0.0257. The van der Waals surface area contributed by atoms with Crippen molar-refractivity contribution < 1.29 is 9.59 Å². The molecule has 0 fully saturated rings. The van der Waals surface area contributed by atoms with Crippen molar-refractivity contribution in [1.82, 2.24) is 14.7 Å². The van der Waals surface area contributed by atoms with Gasteiger partial charge < -0.3 is 10.2 Å². The highest BCUT2D eigenvalue weighted by atomic mass is 16.2. The Balaban J connectivity index is 1.82. The Hall–Kier alpha value is -3.41. The quantitative estimate of drug-likeness (QED) is 0.393. The second kappa shape index (κ2) is 12.0. The van der Waals surface area contributed by atoms with E-state index in [1.165, 1.54) is 0 Å². The molecule has 3 rings (SSSR count). The molecule has 0 unspecified atom stereocenters. The van der Waals surface area contributed by atoms with Gasteiger partial charge in [0.05, 0.1) is 17.9 Å². The number of aromatic nitrogens is 2. The molecule has 0 radical (unpaired) electrons. The van der Waals surface area contributed by atoms with Crippen LogP contribution in [0.5, 0.6) is 0 Å². The summed E-state index contributed by atoms with van der Waals surface area (Å²) in [6.07, 6.45) is 3.44. The molecule has 0 atom stereocenters. The Morgan fingerprint density at radius 3 is 2.30 bits per heavy atom. The maximum absolute atomic E-state index is 13.0. The first-order chi connectivity index (χ1) is 16.0. The van der Waals surface area contributed by atoms with Gasteiger partial charge in [-0.15, -0.1) is 0 Å². The molecule has 0 bridgehead atoms. The van der Waals surface area contributed by atoms with Gasteiger partial charge in [0.15, 0.2) is 0 Å². The number of benzene rings is 2. The van der Waals surface area contributed by atoms with Gasteiger partial charge in [-0.05, 0) is 24.5 Å². The number of unbranched alkanes of at least 4 members (excludes halogenated alkanes) is 2. The van der Waals surface area contributed by atoms with E-state index < -0.39 is 0 Å². The molecule has 1 heterocycles. The number of hydrogen-bond acceptors (Lipinski definition) is 3. The number of nitrogens with one attached hydrogen (secondary N) is 1. The van der Waals surface area contributed by atoms with Gasteiger partial charge in [-0.25, -0.2) is 4.68 Å². The second-order valence-electron chi connectivity index (χ2n) is 8.70. The molecule has 6 nitrogen and oxygen atoms in total. The van der Waals surface area contributed by atoms with Gasteiger partial charge >= 0.3 is 0 Å². The number of amides is 2. The van der Waals surface area contributed by atoms with Crippen LogP contribution in [0.1, 0.15) is 46.5 Å². The van der Waals surface area contributed by atoms with Crippen LogP contribution in [-0.4, -0.2) is 39.6 Å². The Bertz CT molecular complexity index is 1030. The van der Waals surface area contributed by atoms with Crippen LogP contribution >= 0.6 is 0 Å². The summed E-state index contributed by atoms with van der Waals surface area (Å²) in [6.45, 7) is 6.80. The SMILES string of the molecule is CCCCCN(CC(=O)Nc1cc(-c2ccccc2)nn1-c1ccccc1)C(=O)CC(C)C. The zero-order valence-electron chi connectivity index (χ0n) is 19.8. The lowest BCUT2D eigenvalue weighted by atomic mass is 10.1. The molecule has 0 aliphatic rings. The lowest BCUT2D eigenvalue weighted by molar-refractivity contribution is -0.135. The predicted octanol–water partition coefficient (Wildman–Crippen LogP) is 5.54. The predicted molar refractivity (Wildman–Crippen MR) is 133 cm³/mol. The van der Waals surface area contributed by atoms with Crippen molar-refractivity contribution >= 4 is 17.6 Å². The van der Waals surface area contributed by atoms with Crippen molar-refractivity contribution in [2.24, 2.45) is 5.92 Å². The number of anilines is 1. The van der Waals surface area contributed by atoms with E-state index in [2.05, 4.69) is 12.2 Å². The summed E-state index contributed by atoms with van der Waals surface area (Å²) in [4.78, 5) is 27.5.